The molecule has 0 fully saturated rings. The summed E-state index contributed by atoms with van der Waals surface area (Å²) in [6.07, 6.45) is 0.756. The molecule has 106 valence electrons. The number of aryl methyl sites for hydroxylation is 1. The molecule has 3 heteroatoms. The lowest BCUT2D eigenvalue weighted by Crippen LogP contribution is -2.23. The zero-order valence-corrected chi connectivity index (χ0v) is 11.8. The van der Waals surface area contributed by atoms with Crippen molar-refractivity contribution >= 4 is 0 Å². The summed E-state index contributed by atoms with van der Waals surface area (Å²) in [7, 11) is 0. The van der Waals surface area contributed by atoms with E-state index in [0.29, 0.717) is 0 Å². The van der Waals surface area contributed by atoms with Gasteiger partial charge in [-0.3, -0.25) is 0 Å². The van der Waals surface area contributed by atoms with Gasteiger partial charge in [0.25, 0.3) is 0 Å². The van der Waals surface area contributed by atoms with Crippen LogP contribution in [0.25, 0.3) is 0 Å². The highest BCUT2D eigenvalue weighted by atomic mass is 19.2. The van der Waals surface area contributed by atoms with Gasteiger partial charge in [0, 0.05) is 6.04 Å². The number of rotatable bonds is 5. The number of likely N-dealkylation sites (N-methyl/N-ethyl adjacent to an activating group) is 1. The zero-order valence-electron chi connectivity index (χ0n) is 11.8. The fourth-order valence-electron chi connectivity index (χ4n) is 2.34. The molecule has 0 aliphatic carbocycles. The second-order valence-electron chi connectivity index (χ2n) is 4.91. The Morgan fingerprint density at radius 1 is 1.05 bits per heavy atom. The Morgan fingerprint density at radius 3 is 2.45 bits per heavy atom. The van der Waals surface area contributed by atoms with Gasteiger partial charge in [-0.15, -0.1) is 0 Å². The van der Waals surface area contributed by atoms with E-state index in [1.807, 2.05) is 19.1 Å². The Labute approximate surface area is 118 Å². The van der Waals surface area contributed by atoms with Crippen molar-refractivity contribution in [2.24, 2.45) is 0 Å². The van der Waals surface area contributed by atoms with E-state index in [9.17, 15) is 8.78 Å². The van der Waals surface area contributed by atoms with Crippen LogP contribution in [0.5, 0.6) is 0 Å². The van der Waals surface area contributed by atoms with Crippen LogP contribution in [0.1, 0.15) is 29.7 Å². The SMILES string of the molecule is CCNC(Cc1ccccc1C)c1ccc(F)c(F)c1. The van der Waals surface area contributed by atoms with Crippen molar-refractivity contribution in [3.05, 3.63) is 70.8 Å². The monoisotopic (exact) mass is 275 g/mol. The minimum Gasteiger partial charge on any atom is -0.310 e. The predicted octanol–water partition coefficient (Wildman–Crippen LogP) is 4.17. The molecule has 0 spiro atoms. The predicted molar refractivity (Wildman–Crippen MR) is 77.7 cm³/mol. The van der Waals surface area contributed by atoms with E-state index < -0.39 is 11.6 Å². The van der Waals surface area contributed by atoms with Gasteiger partial charge in [0.1, 0.15) is 0 Å². The lowest BCUT2D eigenvalue weighted by molar-refractivity contribution is 0.497. The third-order valence-electron chi connectivity index (χ3n) is 3.48. The number of hydrogen-bond donors (Lipinski definition) is 1. The molecular formula is C17H19F2N. The molecule has 0 saturated carbocycles. The fourth-order valence-corrected chi connectivity index (χ4v) is 2.34. The molecule has 1 atom stereocenters. The second kappa shape index (κ2) is 6.62. The number of benzene rings is 2. The van der Waals surface area contributed by atoms with Crippen molar-refractivity contribution in [3.63, 3.8) is 0 Å². The molecule has 2 rings (SSSR count). The first-order chi connectivity index (χ1) is 9.61. The summed E-state index contributed by atoms with van der Waals surface area (Å²) >= 11 is 0. The van der Waals surface area contributed by atoms with Crippen molar-refractivity contribution in [3.8, 4) is 0 Å². The van der Waals surface area contributed by atoms with E-state index in [4.69, 9.17) is 0 Å². The molecule has 0 heterocycles. The maximum Gasteiger partial charge on any atom is 0.159 e. The van der Waals surface area contributed by atoms with Crippen molar-refractivity contribution < 1.29 is 8.78 Å². The smallest absolute Gasteiger partial charge is 0.159 e. The minimum absolute atomic E-state index is 0.0174. The molecule has 20 heavy (non-hydrogen) atoms. The topological polar surface area (TPSA) is 12.0 Å². The van der Waals surface area contributed by atoms with Gasteiger partial charge in [0.05, 0.1) is 0 Å². The maximum absolute atomic E-state index is 13.4. The highest BCUT2D eigenvalue weighted by molar-refractivity contribution is 5.29. The first-order valence-corrected chi connectivity index (χ1v) is 6.84. The average Bonchev–Trinajstić information content (AvgIpc) is 2.44. The molecular weight excluding hydrogens is 256 g/mol. The van der Waals surface area contributed by atoms with Crippen LogP contribution < -0.4 is 5.32 Å². The van der Waals surface area contributed by atoms with Crippen LogP contribution in [-0.4, -0.2) is 6.54 Å². The molecule has 1 unspecified atom stereocenters. The normalized spacial score (nSPS) is 12.4. The van der Waals surface area contributed by atoms with E-state index in [0.717, 1.165) is 18.5 Å². The number of halogens is 2. The van der Waals surface area contributed by atoms with E-state index >= 15 is 0 Å². The molecule has 1 N–H and O–H groups in total. The van der Waals surface area contributed by atoms with Gasteiger partial charge in [-0.1, -0.05) is 37.3 Å². The molecule has 0 bridgehead atoms. The first-order valence-electron chi connectivity index (χ1n) is 6.84. The van der Waals surface area contributed by atoms with E-state index in [-0.39, 0.29) is 6.04 Å². The van der Waals surface area contributed by atoms with Crippen LogP contribution in [0.3, 0.4) is 0 Å². The van der Waals surface area contributed by atoms with Gasteiger partial charge in [-0.25, -0.2) is 8.78 Å². The molecule has 0 saturated heterocycles. The molecule has 2 aromatic rings. The molecule has 0 radical (unpaired) electrons. The number of hydrogen-bond acceptors (Lipinski definition) is 1. The third kappa shape index (κ3) is 3.42. The summed E-state index contributed by atoms with van der Waals surface area (Å²) in [4.78, 5) is 0. The van der Waals surface area contributed by atoms with Gasteiger partial charge in [-0.2, -0.15) is 0 Å². The molecule has 0 amide bonds. The van der Waals surface area contributed by atoms with E-state index in [2.05, 4.69) is 24.4 Å². The van der Waals surface area contributed by atoms with Gasteiger partial charge in [-0.05, 0) is 48.7 Å². The minimum atomic E-state index is -0.806. The molecule has 0 aliphatic rings. The van der Waals surface area contributed by atoms with Crippen LogP contribution in [0.15, 0.2) is 42.5 Å². The van der Waals surface area contributed by atoms with Crippen LogP contribution >= 0.6 is 0 Å². The van der Waals surface area contributed by atoms with Crippen molar-refractivity contribution in [2.75, 3.05) is 6.54 Å². The fraction of sp³-hybridized carbons (Fsp3) is 0.294. The first kappa shape index (κ1) is 14.7. The van der Waals surface area contributed by atoms with Gasteiger partial charge < -0.3 is 5.32 Å². The Kier molecular flexibility index (Phi) is 4.85. The summed E-state index contributed by atoms with van der Waals surface area (Å²) in [5.74, 6) is -1.60. The number of nitrogens with one attached hydrogen (secondary N) is 1. The Balaban J connectivity index is 2.27. The maximum atomic E-state index is 13.4. The summed E-state index contributed by atoms with van der Waals surface area (Å²) in [5.41, 5.74) is 3.19. The van der Waals surface area contributed by atoms with Gasteiger partial charge in [0.15, 0.2) is 11.6 Å². The van der Waals surface area contributed by atoms with Crippen LogP contribution in [-0.2, 0) is 6.42 Å². The lowest BCUT2D eigenvalue weighted by Gasteiger charge is -2.19. The largest absolute Gasteiger partial charge is 0.310 e. The van der Waals surface area contributed by atoms with E-state index in [1.54, 1.807) is 6.07 Å². The summed E-state index contributed by atoms with van der Waals surface area (Å²) in [5, 5.41) is 3.33. The third-order valence-corrected chi connectivity index (χ3v) is 3.48. The summed E-state index contributed by atoms with van der Waals surface area (Å²) in [6.45, 7) is 4.84. The molecule has 1 nitrogen and oxygen atoms in total. The van der Waals surface area contributed by atoms with Gasteiger partial charge in [0.2, 0.25) is 0 Å². The lowest BCUT2D eigenvalue weighted by atomic mass is 9.96. The molecule has 0 aliphatic heterocycles. The van der Waals surface area contributed by atoms with Crippen molar-refractivity contribution in [1.82, 2.24) is 5.32 Å². The van der Waals surface area contributed by atoms with E-state index in [1.165, 1.54) is 23.3 Å². The zero-order chi connectivity index (χ0) is 14.5. The summed E-state index contributed by atoms with van der Waals surface area (Å²) < 4.78 is 26.4. The van der Waals surface area contributed by atoms with Crippen LogP contribution in [0.2, 0.25) is 0 Å². The quantitative estimate of drug-likeness (QED) is 0.863. The molecule has 0 aromatic heterocycles. The van der Waals surface area contributed by atoms with Crippen molar-refractivity contribution in [1.29, 1.82) is 0 Å². The summed E-state index contributed by atoms with van der Waals surface area (Å²) in [6, 6.07) is 12.2. The Morgan fingerprint density at radius 2 is 1.80 bits per heavy atom. The Bertz CT molecular complexity index is 581. The highest BCUT2D eigenvalue weighted by Crippen LogP contribution is 2.22. The van der Waals surface area contributed by atoms with Crippen LogP contribution in [0.4, 0.5) is 8.78 Å². The standard InChI is InChI=1S/C17H19F2N/c1-3-20-17(11-13-7-5-4-6-12(13)2)14-8-9-15(18)16(19)10-14/h4-10,17,20H,3,11H2,1-2H3. The van der Waals surface area contributed by atoms with Crippen molar-refractivity contribution in [2.45, 2.75) is 26.3 Å². The highest BCUT2D eigenvalue weighted by Gasteiger charge is 2.14. The molecule has 2 aromatic carbocycles. The average molecular weight is 275 g/mol. The van der Waals surface area contributed by atoms with Gasteiger partial charge >= 0.3 is 0 Å². The second-order valence-corrected chi connectivity index (χ2v) is 4.91. The van der Waals surface area contributed by atoms with Crippen LogP contribution in [0, 0.1) is 18.6 Å². The Hall–Kier alpha value is -1.74.